The Balaban J connectivity index is 1.17. The van der Waals surface area contributed by atoms with Crippen LogP contribution >= 0.6 is 11.3 Å². The largest absolute Gasteiger partial charge is 0.397 e. The topological polar surface area (TPSA) is 96.2 Å². The molecule has 2 fully saturated rings. The quantitative estimate of drug-likeness (QED) is 0.570. The lowest BCUT2D eigenvalue weighted by atomic mass is 9.91. The van der Waals surface area contributed by atoms with Gasteiger partial charge < -0.3 is 21.3 Å². The van der Waals surface area contributed by atoms with Crippen LogP contribution in [0.5, 0.6) is 0 Å². The van der Waals surface area contributed by atoms with Crippen molar-refractivity contribution in [3.05, 3.63) is 46.1 Å². The van der Waals surface area contributed by atoms with Crippen LogP contribution in [0.3, 0.4) is 0 Å². The lowest BCUT2D eigenvalue weighted by Gasteiger charge is -2.28. The van der Waals surface area contributed by atoms with Gasteiger partial charge in [-0.25, -0.2) is 9.97 Å². The number of carbonyl (C=O) groups is 1. The van der Waals surface area contributed by atoms with Crippen molar-refractivity contribution < 1.29 is 4.79 Å². The number of aromatic nitrogens is 2. The first-order chi connectivity index (χ1) is 15.6. The van der Waals surface area contributed by atoms with Crippen molar-refractivity contribution in [2.45, 2.75) is 44.7 Å². The van der Waals surface area contributed by atoms with Gasteiger partial charge in [-0.3, -0.25) is 4.79 Å². The van der Waals surface area contributed by atoms with E-state index in [0.717, 1.165) is 66.5 Å². The van der Waals surface area contributed by atoms with Crippen molar-refractivity contribution in [3.63, 3.8) is 0 Å². The van der Waals surface area contributed by atoms with Gasteiger partial charge in [-0.1, -0.05) is 6.07 Å². The smallest absolute Gasteiger partial charge is 0.263 e. The first kappa shape index (κ1) is 19.9. The van der Waals surface area contributed by atoms with Crippen molar-refractivity contribution in [3.8, 4) is 0 Å². The molecular weight excluding hydrogens is 420 g/mol. The van der Waals surface area contributed by atoms with Gasteiger partial charge in [0.1, 0.15) is 15.5 Å². The summed E-state index contributed by atoms with van der Waals surface area (Å²) in [6, 6.07) is 8.94. The molecule has 3 atom stereocenters. The van der Waals surface area contributed by atoms with Gasteiger partial charge in [0.05, 0.1) is 5.69 Å². The van der Waals surface area contributed by atoms with E-state index in [-0.39, 0.29) is 11.9 Å². The number of nitrogens with two attached hydrogens (primary N) is 1. The fourth-order valence-electron chi connectivity index (χ4n) is 5.53. The second-order valence-corrected chi connectivity index (χ2v) is 10.3. The van der Waals surface area contributed by atoms with Gasteiger partial charge in [0.25, 0.3) is 5.91 Å². The molecule has 32 heavy (non-hydrogen) atoms. The number of rotatable bonds is 3. The Hall–Kier alpha value is -2.71. The summed E-state index contributed by atoms with van der Waals surface area (Å²) in [4.78, 5) is 26.4. The van der Waals surface area contributed by atoms with Crippen molar-refractivity contribution in [2.75, 3.05) is 30.3 Å². The maximum atomic E-state index is 13.0. The summed E-state index contributed by atoms with van der Waals surface area (Å²) in [5.41, 5.74) is 10.2. The zero-order valence-electron chi connectivity index (χ0n) is 18.2. The Morgan fingerprint density at radius 1 is 1.22 bits per heavy atom. The molecule has 5 heterocycles. The number of fused-ring (bicyclic) bond motifs is 3. The SMILES string of the molecule is Cc1ccc2c(N)c(C(=O)N[C@H]3CCc4nc(N5CC[C@H]6CNC[C@H]65)ccc4C3)sc2n1. The van der Waals surface area contributed by atoms with Gasteiger partial charge in [0, 0.05) is 48.5 Å². The minimum Gasteiger partial charge on any atom is -0.397 e. The molecule has 0 radical (unpaired) electrons. The Kier molecular flexibility index (Phi) is 4.80. The molecule has 0 aromatic carbocycles. The van der Waals surface area contributed by atoms with Crippen LogP contribution in [0.4, 0.5) is 11.5 Å². The summed E-state index contributed by atoms with van der Waals surface area (Å²) < 4.78 is 0. The van der Waals surface area contributed by atoms with E-state index in [2.05, 4.69) is 32.7 Å². The Bertz CT molecular complexity index is 1210. The first-order valence-electron chi connectivity index (χ1n) is 11.5. The number of nitrogen functional groups attached to an aromatic ring is 1. The fourth-order valence-corrected chi connectivity index (χ4v) is 6.57. The number of nitrogens with one attached hydrogen (secondary N) is 2. The lowest BCUT2D eigenvalue weighted by molar-refractivity contribution is 0.0938. The Labute approximate surface area is 191 Å². The second kappa shape index (κ2) is 7.71. The molecule has 0 spiro atoms. The van der Waals surface area contributed by atoms with Crippen LogP contribution in [-0.4, -0.2) is 47.6 Å². The van der Waals surface area contributed by atoms with E-state index < -0.39 is 0 Å². The molecule has 4 N–H and O–H groups in total. The molecule has 3 aromatic heterocycles. The zero-order valence-corrected chi connectivity index (χ0v) is 19.0. The van der Waals surface area contributed by atoms with Crippen LogP contribution in [-0.2, 0) is 12.8 Å². The third-order valence-corrected chi connectivity index (χ3v) is 8.38. The highest BCUT2D eigenvalue weighted by atomic mass is 32.1. The number of aryl methyl sites for hydroxylation is 2. The molecule has 3 aliphatic rings. The number of pyridine rings is 2. The zero-order chi connectivity index (χ0) is 21.8. The van der Waals surface area contributed by atoms with Crippen molar-refractivity contribution in [2.24, 2.45) is 5.92 Å². The monoisotopic (exact) mass is 448 g/mol. The summed E-state index contributed by atoms with van der Waals surface area (Å²) in [6.07, 6.45) is 3.84. The minimum absolute atomic E-state index is 0.0946. The van der Waals surface area contributed by atoms with Crippen molar-refractivity contribution in [1.82, 2.24) is 20.6 Å². The number of hydrogen-bond donors (Lipinski definition) is 3. The third-order valence-electron chi connectivity index (χ3n) is 7.26. The molecule has 7 nitrogen and oxygen atoms in total. The standard InChI is InChI=1S/C24H28N6OS/c1-13-2-5-17-21(25)22(32-24(17)27-13)23(31)28-16-4-6-18-14(10-16)3-7-20(29-18)30-9-8-15-11-26-12-19(15)30/h2-3,5,7,15-16,19,26H,4,6,8-12,25H2,1H3,(H,28,31)/t15-,16-,19+/m0/s1. The third kappa shape index (κ3) is 3.33. The van der Waals surface area contributed by atoms with Crippen LogP contribution < -0.4 is 21.3 Å². The van der Waals surface area contributed by atoms with Gasteiger partial charge in [-0.15, -0.1) is 11.3 Å². The van der Waals surface area contributed by atoms with Crippen LogP contribution in [0.1, 0.15) is 39.5 Å². The highest BCUT2D eigenvalue weighted by Crippen LogP contribution is 2.34. The number of nitrogens with zero attached hydrogens (tertiary/aromatic N) is 3. The van der Waals surface area contributed by atoms with Crippen molar-refractivity contribution >= 4 is 39.0 Å². The van der Waals surface area contributed by atoms with Crippen LogP contribution in [0.15, 0.2) is 24.3 Å². The van der Waals surface area contributed by atoms with Gasteiger partial charge in [0.15, 0.2) is 0 Å². The van der Waals surface area contributed by atoms with Crippen LogP contribution in [0, 0.1) is 12.8 Å². The molecular formula is C24H28N6OS. The number of hydrogen-bond acceptors (Lipinski definition) is 7. The van der Waals surface area contributed by atoms with E-state index in [1.165, 1.54) is 29.0 Å². The number of anilines is 2. The maximum absolute atomic E-state index is 13.0. The van der Waals surface area contributed by atoms with E-state index in [9.17, 15) is 4.79 Å². The van der Waals surface area contributed by atoms with Crippen LogP contribution in [0.25, 0.3) is 10.2 Å². The number of amides is 1. The molecule has 1 aliphatic carbocycles. The minimum atomic E-state index is -0.0991. The number of thiophene rings is 1. The molecule has 0 unspecified atom stereocenters. The van der Waals surface area contributed by atoms with Gasteiger partial charge in [-0.2, -0.15) is 0 Å². The Morgan fingerprint density at radius 2 is 2.12 bits per heavy atom. The highest BCUT2D eigenvalue weighted by Gasteiger charge is 2.38. The normalized spacial score (nSPS) is 24.5. The molecule has 166 valence electrons. The molecule has 0 bridgehead atoms. The van der Waals surface area contributed by atoms with E-state index in [1.54, 1.807) is 0 Å². The molecule has 8 heteroatoms. The van der Waals surface area contributed by atoms with E-state index in [1.807, 2.05) is 19.1 Å². The maximum Gasteiger partial charge on any atom is 0.263 e. The molecule has 0 saturated carbocycles. The lowest BCUT2D eigenvalue weighted by Crippen LogP contribution is -2.39. The average Bonchev–Trinajstić information content (AvgIpc) is 3.48. The van der Waals surface area contributed by atoms with Crippen LogP contribution in [0.2, 0.25) is 0 Å². The summed E-state index contributed by atoms with van der Waals surface area (Å²) in [6.45, 7) is 5.24. The Morgan fingerprint density at radius 3 is 3.03 bits per heavy atom. The van der Waals surface area contributed by atoms with Gasteiger partial charge in [-0.05, 0) is 62.3 Å². The van der Waals surface area contributed by atoms with E-state index in [4.69, 9.17) is 10.7 Å². The van der Waals surface area contributed by atoms with Gasteiger partial charge >= 0.3 is 0 Å². The molecule has 2 saturated heterocycles. The van der Waals surface area contributed by atoms with E-state index >= 15 is 0 Å². The molecule has 3 aromatic rings. The highest BCUT2D eigenvalue weighted by molar-refractivity contribution is 7.21. The van der Waals surface area contributed by atoms with E-state index in [0.29, 0.717) is 16.6 Å². The summed E-state index contributed by atoms with van der Waals surface area (Å²) in [7, 11) is 0. The predicted octanol–water partition coefficient (Wildman–Crippen LogP) is 2.67. The number of carbonyl (C=O) groups excluding carboxylic acids is 1. The predicted molar refractivity (Wildman–Crippen MR) is 128 cm³/mol. The molecule has 1 amide bonds. The fraction of sp³-hybridized carbons (Fsp3) is 0.458. The molecule has 6 rings (SSSR count). The average molecular weight is 449 g/mol. The summed E-state index contributed by atoms with van der Waals surface area (Å²) in [5.74, 6) is 1.77. The second-order valence-electron chi connectivity index (χ2n) is 9.31. The summed E-state index contributed by atoms with van der Waals surface area (Å²) in [5, 5.41) is 7.59. The van der Waals surface area contributed by atoms with Crippen molar-refractivity contribution in [1.29, 1.82) is 0 Å². The molecule has 2 aliphatic heterocycles. The summed E-state index contributed by atoms with van der Waals surface area (Å²) >= 11 is 1.37. The first-order valence-corrected chi connectivity index (χ1v) is 12.3. The van der Waals surface area contributed by atoms with Gasteiger partial charge in [0.2, 0.25) is 0 Å².